The summed E-state index contributed by atoms with van der Waals surface area (Å²) in [4.78, 5) is 13.2. The molecule has 0 bridgehead atoms. The van der Waals surface area contributed by atoms with Gasteiger partial charge in [-0.3, -0.25) is 4.79 Å². The number of benzene rings is 2. The van der Waals surface area contributed by atoms with E-state index in [0.29, 0.717) is 24.7 Å². The average Bonchev–Trinajstić information content (AvgIpc) is 3.25. The largest absolute Gasteiger partial charge is 0.497 e. The maximum atomic E-state index is 13.2. The molecule has 31 heavy (non-hydrogen) atoms. The SMILES string of the molecule is COCCNC(=O)C1CN(S(=O)(=O)c2ccccc2)CC1c1cc(OC)ccc1OC. The second-order valence-electron chi connectivity index (χ2n) is 7.24. The van der Waals surface area contributed by atoms with Crippen LogP contribution in [-0.2, 0) is 19.6 Å². The molecular weight excluding hydrogens is 420 g/mol. The molecule has 1 aliphatic rings. The maximum absolute atomic E-state index is 13.2. The summed E-state index contributed by atoms with van der Waals surface area (Å²) in [6.07, 6.45) is 0. The van der Waals surface area contributed by atoms with Crippen molar-refractivity contribution < 1.29 is 27.4 Å². The van der Waals surface area contributed by atoms with Crippen LogP contribution in [-0.4, -0.2) is 66.2 Å². The first-order valence-corrected chi connectivity index (χ1v) is 11.4. The number of nitrogens with one attached hydrogen (secondary N) is 1. The second-order valence-corrected chi connectivity index (χ2v) is 9.18. The van der Waals surface area contributed by atoms with Gasteiger partial charge in [-0.2, -0.15) is 4.31 Å². The van der Waals surface area contributed by atoms with Gasteiger partial charge in [-0.1, -0.05) is 18.2 Å². The lowest BCUT2D eigenvalue weighted by molar-refractivity contribution is -0.125. The minimum absolute atomic E-state index is 0.0705. The summed E-state index contributed by atoms with van der Waals surface area (Å²) in [5.74, 6) is -0.0155. The Morgan fingerprint density at radius 3 is 2.45 bits per heavy atom. The third-order valence-electron chi connectivity index (χ3n) is 5.45. The molecule has 9 heteroatoms. The van der Waals surface area contributed by atoms with E-state index in [2.05, 4.69) is 5.32 Å². The van der Waals surface area contributed by atoms with Crippen molar-refractivity contribution in [3.8, 4) is 11.5 Å². The molecule has 1 fully saturated rings. The van der Waals surface area contributed by atoms with Gasteiger partial charge in [0.25, 0.3) is 0 Å². The van der Waals surface area contributed by atoms with Crippen molar-refractivity contribution in [3.05, 3.63) is 54.1 Å². The van der Waals surface area contributed by atoms with Crippen LogP contribution in [0.3, 0.4) is 0 Å². The van der Waals surface area contributed by atoms with Gasteiger partial charge in [-0.05, 0) is 30.3 Å². The predicted molar refractivity (Wildman–Crippen MR) is 116 cm³/mol. The fraction of sp³-hybridized carbons (Fsp3) is 0.409. The molecule has 2 unspecified atom stereocenters. The van der Waals surface area contributed by atoms with Gasteiger partial charge in [0.1, 0.15) is 11.5 Å². The first-order valence-electron chi connectivity index (χ1n) is 9.96. The number of amides is 1. The van der Waals surface area contributed by atoms with E-state index in [0.717, 1.165) is 5.56 Å². The molecule has 1 aliphatic heterocycles. The van der Waals surface area contributed by atoms with Gasteiger partial charge < -0.3 is 19.5 Å². The number of hydrogen-bond donors (Lipinski definition) is 1. The molecule has 3 rings (SSSR count). The zero-order chi connectivity index (χ0) is 22.4. The summed E-state index contributed by atoms with van der Waals surface area (Å²) in [6.45, 7) is 0.945. The van der Waals surface area contributed by atoms with Crippen LogP contribution in [0.15, 0.2) is 53.4 Å². The van der Waals surface area contributed by atoms with E-state index >= 15 is 0 Å². The van der Waals surface area contributed by atoms with Gasteiger partial charge in [0.15, 0.2) is 0 Å². The van der Waals surface area contributed by atoms with Crippen molar-refractivity contribution in [1.29, 1.82) is 0 Å². The number of rotatable bonds is 9. The summed E-state index contributed by atoms with van der Waals surface area (Å²) >= 11 is 0. The highest BCUT2D eigenvalue weighted by atomic mass is 32.2. The topological polar surface area (TPSA) is 94.2 Å². The Labute approximate surface area is 183 Å². The molecule has 1 heterocycles. The molecule has 0 aliphatic carbocycles. The van der Waals surface area contributed by atoms with Crippen LogP contribution in [0.25, 0.3) is 0 Å². The molecule has 2 atom stereocenters. The van der Waals surface area contributed by atoms with E-state index in [1.54, 1.807) is 69.9 Å². The highest BCUT2D eigenvalue weighted by Crippen LogP contribution is 2.41. The molecule has 0 radical (unpaired) electrons. The van der Waals surface area contributed by atoms with Gasteiger partial charge in [0.2, 0.25) is 15.9 Å². The summed E-state index contributed by atoms with van der Waals surface area (Å²) in [5, 5.41) is 2.85. The van der Waals surface area contributed by atoms with Crippen LogP contribution in [0.5, 0.6) is 11.5 Å². The summed E-state index contributed by atoms with van der Waals surface area (Å²) in [7, 11) is 0.910. The predicted octanol–water partition coefficient (Wildman–Crippen LogP) is 1.87. The van der Waals surface area contributed by atoms with Crippen LogP contribution >= 0.6 is 0 Å². The Hall–Kier alpha value is -2.62. The van der Waals surface area contributed by atoms with Crippen LogP contribution in [0.2, 0.25) is 0 Å². The molecule has 1 N–H and O–H groups in total. The van der Waals surface area contributed by atoms with E-state index in [1.165, 1.54) is 4.31 Å². The number of carbonyl (C=O) groups excluding carboxylic acids is 1. The fourth-order valence-electron chi connectivity index (χ4n) is 3.82. The van der Waals surface area contributed by atoms with Gasteiger partial charge in [0.05, 0.1) is 31.6 Å². The number of carbonyl (C=O) groups is 1. The molecular formula is C22H28N2O6S. The standard InChI is InChI=1S/C22H28N2O6S/c1-28-12-11-23-22(25)20-15-24(31(26,27)17-7-5-4-6-8-17)14-19(20)18-13-16(29-2)9-10-21(18)30-3/h4-10,13,19-20H,11-12,14-15H2,1-3H3,(H,23,25). The van der Waals surface area contributed by atoms with E-state index in [4.69, 9.17) is 14.2 Å². The van der Waals surface area contributed by atoms with E-state index in [1.807, 2.05) is 0 Å². The van der Waals surface area contributed by atoms with Crippen molar-refractivity contribution >= 4 is 15.9 Å². The lowest BCUT2D eigenvalue weighted by atomic mass is 9.87. The fourth-order valence-corrected chi connectivity index (χ4v) is 5.34. The molecule has 168 valence electrons. The molecule has 0 saturated carbocycles. The Morgan fingerprint density at radius 1 is 1.06 bits per heavy atom. The first-order chi connectivity index (χ1) is 14.9. The molecule has 0 aromatic heterocycles. The van der Waals surface area contributed by atoms with Gasteiger partial charge in [-0.15, -0.1) is 0 Å². The Balaban J connectivity index is 1.98. The van der Waals surface area contributed by atoms with Crippen molar-refractivity contribution in [1.82, 2.24) is 9.62 Å². The van der Waals surface area contributed by atoms with E-state index in [-0.39, 0.29) is 23.9 Å². The summed E-state index contributed by atoms with van der Waals surface area (Å²) < 4.78 is 43.7. The van der Waals surface area contributed by atoms with Crippen molar-refractivity contribution in [2.45, 2.75) is 10.8 Å². The quantitative estimate of drug-likeness (QED) is 0.589. The monoisotopic (exact) mass is 448 g/mol. The van der Waals surface area contributed by atoms with Crippen LogP contribution in [0.4, 0.5) is 0 Å². The average molecular weight is 449 g/mol. The lowest BCUT2D eigenvalue weighted by Gasteiger charge is -2.21. The van der Waals surface area contributed by atoms with Gasteiger partial charge in [0, 0.05) is 38.2 Å². The maximum Gasteiger partial charge on any atom is 0.243 e. The molecule has 8 nitrogen and oxygen atoms in total. The number of hydrogen-bond acceptors (Lipinski definition) is 6. The highest BCUT2D eigenvalue weighted by Gasteiger charge is 2.44. The third-order valence-corrected chi connectivity index (χ3v) is 7.29. The number of nitrogens with zero attached hydrogens (tertiary/aromatic N) is 1. The van der Waals surface area contributed by atoms with Crippen LogP contribution < -0.4 is 14.8 Å². The lowest BCUT2D eigenvalue weighted by Crippen LogP contribution is -2.37. The van der Waals surface area contributed by atoms with Crippen LogP contribution in [0, 0.1) is 5.92 Å². The molecule has 2 aromatic rings. The van der Waals surface area contributed by atoms with E-state index < -0.39 is 21.9 Å². The minimum atomic E-state index is -3.75. The Kier molecular flexibility index (Phi) is 7.53. The summed E-state index contributed by atoms with van der Waals surface area (Å²) in [5.41, 5.74) is 0.736. The van der Waals surface area contributed by atoms with Crippen molar-refractivity contribution in [3.63, 3.8) is 0 Å². The van der Waals surface area contributed by atoms with E-state index in [9.17, 15) is 13.2 Å². The minimum Gasteiger partial charge on any atom is -0.497 e. The zero-order valence-corrected chi connectivity index (χ0v) is 18.7. The Morgan fingerprint density at radius 2 is 1.81 bits per heavy atom. The number of methoxy groups -OCH3 is 3. The Bertz CT molecular complexity index is 996. The molecule has 1 amide bonds. The highest BCUT2D eigenvalue weighted by molar-refractivity contribution is 7.89. The molecule has 2 aromatic carbocycles. The third kappa shape index (κ3) is 5.00. The van der Waals surface area contributed by atoms with Gasteiger partial charge in [-0.25, -0.2) is 8.42 Å². The number of sulfonamides is 1. The first kappa shape index (κ1) is 23.1. The molecule has 1 saturated heterocycles. The zero-order valence-electron chi connectivity index (χ0n) is 17.9. The normalized spacial score (nSPS) is 19.2. The van der Waals surface area contributed by atoms with Crippen molar-refractivity contribution in [2.75, 3.05) is 47.6 Å². The second kappa shape index (κ2) is 10.1. The van der Waals surface area contributed by atoms with Crippen molar-refractivity contribution in [2.24, 2.45) is 5.92 Å². The molecule has 0 spiro atoms. The van der Waals surface area contributed by atoms with Crippen LogP contribution in [0.1, 0.15) is 11.5 Å². The number of ether oxygens (including phenoxy) is 3. The smallest absolute Gasteiger partial charge is 0.243 e. The van der Waals surface area contributed by atoms with Gasteiger partial charge >= 0.3 is 0 Å². The summed E-state index contributed by atoms with van der Waals surface area (Å²) in [6, 6.07) is 13.6.